The molecule has 2 atom stereocenters. The molecule has 12 rings (SSSR count). The van der Waals surface area contributed by atoms with Gasteiger partial charge in [0.25, 0.3) is 0 Å². The molecule has 10 aromatic rings. The predicted octanol–water partition coefficient (Wildman–Crippen LogP) is 12.9. The van der Waals surface area contributed by atoms with Crippen molar-refractivity contribution < 1.29 is 9.15 Å². The summed E-state index contributed by atoms with van der Waals surface area (Å²) in [6, 6.07) is 59.1. The van der Waals surface area contributed by atoms with E-state index < -0.39 is 5.60 Å². The molecule has 5 heteroatoms. The minimum absolute atomic E-state index is 0.0441. The van der Waals surface area contributed by atoms with Crippen LogP contribution in [0.1, 0.15) is 35.1 Å². The minimum atomic E-state index is -0.510. The van der Waals surface area contributed by atoms with Gasteiger partial charge in [0.15, 0.2) is 17.5 Å². The Labute approximate surface area is 328 Å². The van der Waals surface area contributed by atoms with Crippen LogP contribution in [0.4, 0.5) is 0 Å². The summed E-state index contributed by atoms with van der Waals surface area (Å²) >= 11 is 0. The van der Waals surface area contributed by atoms with Gasteiger partial charge < -0.3 is 9.15 Å². The molecule has 1 aliphatic heterocycles. The first-order valence-corrected chi connectivity index (χ1v) is 19.4. The van der Waals surface area contributed by atoms with Crippen molar-refractivity contribution >= 4 is 49.1 Å². The Bertz CT molecular complexity index is 3310. The number of para-hydroxylation sites is 2. The minimum Gasteiger partial charge on any atom is -0.482 e. The summed E-state index contributed by atoms with van der Waals surface area (Å²) in [5.41, 5.74) is 9.54. The van der Waals surface area contributed by atoms with Gasteiger partial charge in [-0.2, -0.15) is 0 Å². The van der Waals surface area contributed by atoms with E-state index >= 15 is 0 Å². The van der Waals surface area contributed by atoms with E-state index in [1.54, 1.807) is 0 Å². The highest BCUT2D eigenvalue weighted by molar-refractivity contribution is 6.15. The topological polar surface area (TPSA) is 61.0 Å². The molecule has 0 spiro atoms. The van der Waals surface area contributed by atoms with Crippen molar-refractivity contribution in [2.75, 3.05) is 0 Å². The molecule has 1 aliphatic carbocycles. The van der Waals surface area contributed by atoms with Gasteiger partial charge >= 0.3 is 0 Å². The van der Waals surface area contributed by atoms with Gasteiger partial charge in [-0.1, -0.05) is 158 Å². The second-order valence-corrected chi connectivity index (χ2v) is 15.2. The number of aromatic nitrogens is 3. The molecular weight excluding hydrogens is 699 g/mol. The summed E-state index contributed by atoms with van der Waals surface area (Å²) in [5.74, 6) is 2.81. The molecule has 0 fully saturated rings. The van der Waals surface area contributed by atoms with Crippen LogP contribution in [0.15, 0.2) is 180 Å². The lowest BCUT2D eigenvalue weighted by molar-refractivity contribution is 0.0993. The van der Waals surface area contributed by atoms with E-state index in [1.165, 1.54) is 27.3 Å². The SMILES string of the molecule is CC12Oc3ccccc3C1C=C(c1cccc3c1oc1cccc(-c4nc(-c5ccccc5)nc(-c5ccc6c(ccc7ccccc76)c5)n4)c13)c1ccccc12. The fourth-order valence-electron chi connectivity index (χ4n) is 9.27. The van der Waals surface area contributed by atoms with Crippen molar-refractivity contribution in [3.63, 3.8) is 0 Å². The van der Waals surface area contributed by atoms with Crippen LogP contribution < -0.4 is 4.74 Å². The van der Waals surface area contributed by atoms with Crippen LogP contribution in [0.5, 0.6) is 5.75 Å². The zero-order valence-corrected chi connectivity index (χ0v) is 31.0. The lowest BCUT2D eigenvalue weighted by Gasteiger charge is -2.36. The second-order valence-electron chi connectivity index (χ2n) is 15.2. The number of hydrogen-bond acceptors (Lipinski definition) is 5. The summed E-state index contributed by atoms with van der Waals surface area (Å²) in [4.78, 5) is 15.5. The Kier molecular flexibility index (Phi) is 6.76. The van der Waals surface area contributed by atoms with Gasteiger partial charge in [0, 0.05) is 44.2 Å². The number of nitrogens with zero attached hydrogens (tertiary/aromatic N) is 3. The fraction of sp³-hybridized carbons (Fsp3) is 0.0577. The fourth-order valence-corrected chi connectivity index (χ4v) is 9.27. The van der Waals surface area contributed by atoms with Crippen molar-refractivity contribution in [3.05, 3.63) is 198 Å². The van der Waals surface area contributed by atoms with Crippen LogP contribution in [0.25, 0.3) is 83.2 Å². The molecule has 0 saturated heterocycles. The van der Waals surface area contributed by atoms with Gasteiger partial charge in [0.1, 0.15) is 22.5 Å². The van der Waals surface area contributed by atoms with E-state index in [-0.39, 0.29) is 5.92 Å². The van der Waals surface area contributed by atoms with Crippen molar-refractivity contribution in [1.29, 1.82) is 0 Å². The summed E-state index contributed by atoms with van der Waals surface area (Å²) in [6.45, 7) is 2.21. The Morgan fingerprint density at radius 2 is 1.19 bits per heavy atom. The zero-order valence-electron chi connectivity index (χ0n) is 31.0. The van der Waals surface area contributed by atoms with Crippen molar-refractivity contribution in [2.45, 2.75) is 18.4 Å². The largest absolute Gasteiger partial charge is 0.482 e. The first kappa shape index (κ1) is 31.9. The summed E-state index contributed by atoms with van der Waals surface area (Å²) in [5, 5.41) is 6.76. The van der Waals surface area contributed by atoms with Gasteiger partial charge in [-0.05, 0) is 57.8 Å². The lowest BCUT2D eigenvalue weighted by atomic mass is 9.71. The third-order valence-electron chi connectivity index (χ3n) is 12.0. The molecule has 2 aliphatic rings. The number of rotatable bonds is 4. The number of ether oxygens (including phenoxy) is 1. The van der Waals surface area contributed by atoms with Crippen molar-refractivity contribution in [2.24, 2.45) is 0 Å². The Hall–Kier alpha value is -7.37. The highest BCUT2D eigenvalue weighted by atomic mass is 16.5. The molecule has 2 aromatic heterocycles. The van der Waals surface area contributed by atoms with E-state index in [4.69, 9.17) is 24.1 Å². The Morgan fingerprint density at radius 3 is 2.12 bits per heavy atom. The van der Waals surface area contributed by atoms with E-state index in [2.05, 4.69) is 134 Å². The van der Waals surface area contributed by atoms with E-state index in [1.807, 2.05) is 48.5 Å². The van der Waals surface area contributed by atoms with Crippen LogP contribution >= 0.6 is 0 Å². The van der Waals surface area contributed by atoms with Gasteiger partial charge in [-0.3, -0.25) is 0 Å². The Balaban J connectivity index is 1.06. The number of furan rings is 1. The molecule has 0 amide bonds. The molecule has 0 bridgehead atoms. The molecule has 57 heavy (non-hydrogen) atoms. The van der Waals surface area contributed by atoms with Crippen LogP contribution in [-0.4, -0.2) is 15.0 Å². The second kappa shape index (κ2) is 12.1. The lowest BCUT2D eigenvalue weighted by Crippen LogP contribution is -2.34. The average molecular weight is 732 g/mol. The molecule has 0 N–H and O–H groups in total. The van der Waals surface area contributed by atoms with Crippen LogP contribution in [-0.2, 0) is 5.60 Å². The number of fused-ring (bicyclic) bond motifs is 11. The maximum absolute atomic E-state index is 6.89. The monoisotopic (exact) mass is 731 g/mol. The third kappa shape index (κ3) is 4.79. The summed E-state index contributed by atoms with van der Waals surface area (Å²) in [7, 11) is 0. The van der Waals surface area contributed by atoms with Gasteiger partial charge in [0.05, 0.1) is 5.92 Å². The van der Waals surface area contributed by atoms with Crippen LogP contribution in [0.2, 0.25) is 0 Å². The molecule has 2 unspecified atom stereocenters. The highest BCUT2D eigenvalue weighted by Gasteiger charge is 2.49. The number of benzene rings is 8. The highest BCUT2D eigenvalue weighted by Crippen LogP contribution is 2.57. The molecule has 268 valence electrons. The zero-order chi connectivity index (χ0) is 37.7. The number of hydrogen-bond donors (Lipinski definition) is 0. The molecule has 8 aromatic carbocycles. The van der Waals surface area contributed by atoms with Crippen LogP contribution in [0, 0.1) is 0 Å². The maximum atomic E-state index is 6.89. The van der Waals surface area contributed by atoms with E-state index in [9.17, 15) is 0 Å². The van der Waals surface area contributed by atoms with Crippen LogP contribution in [0.3, 0.4) is 0 Å². The van der Waals surface area contributed by atoms with Gasteiger partial charge in [-0.15, -0.1) is 0 Å². The van der Waals surface area contributed by atoms with Gasteiger partial charge in [-0.25, -0.2) is 15.0 Å². The smallest absolute Gasteiger partial charge is 0.164 e. The summed E-state index contributed by atoms with van der Waals surface area (Å²) < 4.78 is 13.6. The van der Waals surface area contributed by atoms with Crippen molar-refractivity contribution in [3.8, 4) is 39.9 Å². The van der Waals surface area contributed by atoms with Crippen molar-refractivity contribution in [1.82, 2.24) is 15.0 Å². The van der Waals surface area contributed by atoms with Gasteiger partial charge in [0.2, 0.25) is 0 Å². The quantitative estimate of drug-likeness (QED) is 0.169. The molecular formula is C52H33N3O2. The molecule has 3 heterocycles. The molecule has 0 saturated carbocycles. The normalized spacial score (nSPS) is 17.0. The molecule has 0 radical (unpaired) electrons. The summed E-state index contributed by atoms with van der Waals surface area (Å²) in [6.07, 6.45) is 2.38. The van der Waals surface area contributed by atoms with E-state index in [0.717, 1.165) is 66.5 Å². The Morgan fingerprint density at radius 1 is 0.509 bits per heavy atom. The third-order valence-corrected chi connectivity index (χ3v) is 12.0. The first-order chi connectivity index (χ1) is 28.1. The maximum Gasteiger partial charge on any atom is 0.164 e. The standard InChI is InChI=1S/C52H33N3O2/c1-52-43-22-9-7-17-37(43)42(30-44(52)39-18-8-10-23-45(39)57-52)38-19-11-20-40-47-41(21-12-24-46(47)56-48(38)40)51-54-49(32-14-3-2-4-15-32)53-50(55-51)34-27-28-36-33(29-34)26-25-31-13-5-6-16-35(31)36/h2-30,44H,1H3. The van der Waals surface area contributed by atoms with E-state index in [0.29, 0.717) is 17.5 Å². The first-order valence-electron chi connectivity index (χ1n) is 19.4. The predicted molar refractivity (Wildman–Crippen MR) is 229 cm³/mol. The average Bonchev–Trinajstić information content (AvgIpc) is 3.81. The molecule has 5 nitrogen and oxygen atoms in total.